The van der Waals surface area contributed by atoms with Crippen molar-refractivity contribution in [1.82, 2.24) is 15.3 Å². The highest BCUT2D eigenvalue weighted by molar-refractivity contribution is 7.80. The molecule has 1 aliphatic heterocycles. The van der Waals surface area contributed by atoms with Gasteiger partial charge < -0.3 is 10.6 Å². The van der Waals surface area contributed by atoms with Gasteiger partial charge in [0.15, 0.2) is 5.11 Å². The molecule has 132 valence electrons. The summed E-state index contributed by atoms with van der Waals surface area (Å²) in [6.45, 7) is 9.74. The van der Waals surface area contributed by atoms with Gasteiger partial charge in [0.1, 0.15) is 0 Å². The first-order valence-electron chi connectivity index (χ1n) is 8.75. The van der Waals surface area contributed by atoms with Crippen LogP contribution in [0.1, 0.15) is 45.2 Å². The number of anilines is 1. The molecular weight excluding hydrogens is 320 g/mol. The summed E-state index contributed by atoms with van der Waals surface area (Å²) in [7, 11) is 0. The van der Waals surface area contributed by atoms with E-state index in [1.54, 1.807) is 5.01 Å². The summed E-state index contributed by atoms with van der Waals surface area (Å²) in [5.74, 6) is 0. The summed E-state index contributed by atoms with van der Waals surface area (Å²) in [4.78, 5) is 12.8. The molecule has 6 heteroatoms. The zero-order chi connectivity index (χ0) is 17.7. The van der Waals surface area contributed by atoms with Gasteiger partial charge in [0.2, 0.25) is 0 Å². The number of urea groups is 1. The number of aryl methyl sites for hydroxylation is 2. The zero-order valence-corrected chi connectivity index (χ0v) is 15.9. The number of thiocarbonyl (C=S) groups is 1. The number of benzene rings is 1. The Morgan fingerprint density at radius 3 is 2.29 bits per heavy atom. The summed E-state index contributed by atoms with van der Waals surface area (Å²) in [6.07, 6.45) is 2.70. The van der Waals surface area contributed by atoms with Crippen molar-refractivity contribution < 1.29 is 4.79 Å². The second-order valence-corrected chi connectivity index (χ2v) is 6.68. The maximum atomic E-state index is 12.8. The summed E-state index contributed by atoms with van der Waals surface area (Å²) in [6, 6.07) is 6.33. The van der Waals surface area contributed by atoms with Crippen LogP contribution in [0.5, 0.6) is 0 Å². The minimum atomic E-state index is -0.115. The quantitative estimate of drug-likeness (QED) is 0.817. The van der Waals surface area contributed by atoms with E-state index in [0.29, 0.717) is 11.7 Å². The standard InChI is InChI=1S/C18H28N4OS/c1-5-14-9-7-10-15(6-2)16(14)20-17(23)21-11-8-12-22(21)18(24)19-13(3)4/h7,9-10,13H,5-6,8,11-12H2,1-4H3,(H,19,24)(H,20,23). The van der Waals surface area contributed by atoms with Crippen LogP contribution in [-0.2, 0) is 12.8 Å². The molecule has 5 nitrogen and oxygen atoms in total. The molecular formula is C18H28N4OS. The number of rotatable bonds is 4. The monoisotopic (exact) mass is 348 g/mol. The van der Waals surface area contributed by atoms with Gasteiger partial charge in [0.05, 0.1) is 0 Å². The lowest BCUT2D eigenvalue weighted by Crippen LogP contribution is -2.51. The number of amides is 2. The lowest BCUT2D eigenvalue weighted by Gasteiger charge is -2.31. The molecule has 0 atom stereocenters. The molecule has 0 radical (unpaired) electrons. The number of carbonyl (C=O) groups is 1. The Bertz CT molecular complexity index is 580. The summed E-state index contributed by atoms with van der Waals surface area (Å²) in [5, 5.41) is 10.5. The van der Waals surface area contributed by atoms with Crippen molar-refractivity contribution in [1.29, 1.82) is 0 Å². The average molecular weight is 349 g/mol. The molecule has 0 aromatic heterocycles. The molecule has 24 heavy (non-hydrogen) atoms. The number of hydrogen-bond acceptors (Lipinski definition) is 2. The van der Waals surface area contributed by atoms with Gasteiger partial charge in [-0.25, -0.2) is 9.80 Å². The van der Waals surface area contributed by atoms with Crippen LogP contribution in [0.3, 0.4) is 0 Å². The van der Waals surface area contributed by atoms with E-state index in [-0.39, 0.29) is 12.1 Å². The van der Waals surface area contributed by atoms with E-state index in [1.807, 2.05) is 18.9 Å². The molecule has 0 spiro atoms. The predicted molar refractivity (Wildman–Crippen MR) is 103 cm³/mol. The molecule has 0 aliphatic carbocycles. The number of hydrazine groups is 1. The second-order valence-electron chi connectivity index (χ2n) is 6.29. The maximum Gasteiger partial charge on any atom is 0.340 e. The number of carbonyl (C=O) groups excluding carboxylic acids is 1. The normalized spacial score (nSPS) is 14.2. The molecule has 2 amide bonds. The number of para-hydroxylation sites is 1. The van der Waals surface area contributed by atoms with Crippen LogP contribution >= 0.6 is 12.2 Å². The Balaban J connectivity index is 2.16. The SMILES string of the molecule is CCc1cccc(CC)c1NC(=O)N1CCCN1C(=S)NC(C)C. The molecule has 1 aromatic rings. The first-order chi connectivity index (χ1) is 11.5. The van der Waals surface area contributed by atoms with Crippen molar-refractivity contribution in [3.05, 3.63) is 29.3 Å². The van der Waals surface area contributed by atoms with Crippen molar-refractivity contribution in [3.8, 4) is 0 Å². The van der Waals surface area contributed by atoms with Gasteiger partial charge in [-0.3, -0.25) is 5.01 Å². The van der Waals surface area contributed by atoms with Crippen LogP contribution < -0.4 is 10.6 Å². The maximum absolute atomic E-state index is 12.8. The van der Waals surface area contributed by atoms with E-state index in [0.717, 1.165) is 42.6 Å². The fraction of sp³-hybridized carbons (Fsp3) is 0.556. The Hall–Kier alpha value is -1.82. The van der Waals surface area contributed by atoms with Crippen LogP contribution in [0.15, 0.2) is 18.2 Å². The number of nitrogens with zero attached hydrogens (tertiary/aromatic N) is 2. The first kappa shape index (κ1) is 18.5. The topological polar surface area (TPSA) is 47.6 Å². The smallest absolute Gasteiger partial charge is 0.340 e. The summed E-state index contributed by atoms with van der Waals surface area (Å²) in [5.41, 5.74) is 3.27. The van der Waals surface area contributed by atoms with E-state index in [4.69, 9.17) is 12.2 Å². The van der Waals surface area contributed by atoms with Gasteiger partial charge in [0, 0.05) is 24.8 Å². The third-order valence-electron chi connectivity index (χ3n) is 4.14. The van der Waals surface area contributed by atoms with Crippen LogP contribution in [0, 0.1) is 0 Å². The Morgan fingerprint density at radius 1 is 1.17 bits per heavy atom. The van der Waals surface area contributed by atoms with Gasteiger partial charge in [-0.15, -0.1) is 0 Å². The van der Waals surface area contributed by atoms with Crippen molar-refractivity contribution in [2.45, 2.75) is 53.0 Å². The molecule has 0 saturated carbocycles. The fourth-order valence-corrected chi connectivity index (χ4v) is 3.36. The Labute approximate surface area is 150 Å². The lowest BCUT2D eigenvalue weighted by molar-refractivity contribution is 0.135. The molecule has 1 fully saturated rings. The van der Waals surface area contributed by atoms with Gasteiger partial charge in [-0.05, 0) is 56.5 Å². The van der Waals surface area contributed by atoms with Gasteiger partial charge in [-0.1, -0.05) is 32.0 Å². The second kappa shape index (κ2) is 8.33. The van der Waals surface area contributed by atoms with Gasteiger partial charge >= 0.3 is 6.03 Å². The molecule has 0 unspecified atom stereocenters. The van der Waals surface area contributed by atoms with Crippen molar-refractivity contribution >= 4 is 29.0 Å². The molecule has 1 heterocycles. The molecule has 1 aromatic carbocycles. The highest BCUT2D eigenvalue weighted by atomic mass is 32.1. The van der Waals surface area contributed by atoms with Crippen LogP contribution in [-0.4, -0.2) is 40.3 Å². The minimum absolute atomic E-state index is 0.115. The molecule has 0 bridgehead atoms. The largest absolute Gasteiger partial charge is 0.359 e. The first-order valence-corrected chi connectivity index (χ1v) is 9.15. The molecule has 1 saturated heterocycles. The van der Waals surface area contributed by atoms with E-state index in [2.05, 4.69) is 42.7 Å². The lowest BCUT2D eigenvalue weighted by atomic mass is 10.0. The van der Waals surface area contributed by atoms with Crippen molar-refractivity contribution in [3.63, 3.8) is 0 Å². The summed E-state index contributed by atoms with van der Waals surface area (Å²) < 4.78 is 0. The van der Waals surface area contributed by atoms with Crippen molar-refractivity contribution in [2.24, 2.45) is 0 Å². The van der Waals surface area contributed by atoms with Crippen molar-refractivity contribution in [2.75, 3.05) is 18.4 Å². The fourth-order valence-electron chi connectivity index (χ4n) is 2.93. The van der Waals surface area contributed by atoms with Crippen LogP contribution in [0.2, 0.25) is 0 Å². The summed E-state index contributed by atoms with van der Waals surface area (Å²) >= 11 is 5.44. The van der Waals surface area contributed by atoms with Crippen LogP contribution in [0.4, 0.5) is 10.5 Å². The Morgan fingerprint density at radius 2 is 1.75 bits per heavy atom. The predicted octanol–water partition coefficient (Wildman–Crippen LogP) is 3.55. The highest BCUT2D eigenvalue weighted by Gasteiger charge is 2.29. The van der Waals surface area contributed by atoms with E-state index >= 15 is 0 Å². The highest BCUT2D eigenvalue weighted by Crippen LogP contribution is 2.24. The minimum Gasteiger partial charge on any atom is -0.359 e. The van der Waals surface area contributed by atoms with E-state index in [9.17, 15) is 4.79 Å². The number of nitrogens with one attached hydrogen (secondary N) is 2. The van der Waals surface area contributed by atoms with Gasteiger partial charge in [-0.2, -0.15) is 0 Å². The zero-order valence-electron chi connectivity index (χ0n) is 15.1. The third kappa shape index (κ3) is 4.17. The third-order valence-corrected chi connectivity index (χ3v) is 4.47. The van der Waals surface area contributed by atoms with E-state index < -0.39 is 0 Å². The molecule has 2 N–H and O–H groups in total. The van der Waals surface area contributed by atoms with Crippen LogP contribution in [0.25, 0.3) is 0 Å². The molecule has 2 rings (SSSR count). The van der Waals surface area contributed by atoms with E-state index in [1.165, 1.54) is 0 Å². The average Bonchev–Trinajstić information content (AvgIpc) is 3.04. The molecule has 1 aliphatic rings. The van der Waals surface area contributed by atoms with Gasteiger partial charge in [0.25, 0.3) is 0 Å². The number of hydrogen-bond donors (Lipinski definition) is 2. The Kier molecular flexibility index (Phi) is 6.43.